The first-order valence-corrected chi connectivity index (χ1v) is 6.76. The van der Waals surface area contributed by atoms with Gasteiger partial charge in [0.05, 0.1) is 0 Å². The Morgan fingerprint density at radius 1 is 0.789 bits per heavy atom. The smallest absolute Gasteiger partial charge is 0.00614 e. The molecule has 0 fully saturated rings. The SMILES string of the molecule is CC(C)c1[c]c(-c2cccc3ccccc23)ccc1. The van der Waals surface area contributed by atoms with Crippen LogP contribution in [0, 0.1) is 6.07 Å². The zero-order valence-corrected chi connectivity index (χ0v) is 11.4. The molecule has 3 aromatic carbocycles. The summed E-state index contributed by atoms with van der Waals surface area (Å²) in [6.07, 6.45) is 0. The van der Waals surface area contributed by atoms with Crippen LogP contribution in [0.5, 0.6) is 0 Å². The second-order valence-electron chi connectivity index (χ2n) is 5.20. The highest BCUT2D eigenvalue weighted by molar-refractivity contribution is 5.96. The first-order chi connectivity index (χ1) is 9.25. The van der Waals surface area contributed by atoms with Gasteiger partial charge in [0.1, 0.15) is 0 Å². The molecule has 0 heteroatoms. The molecule has 3 aromatic rings. The van der Waals surface area contributed by atoms with Gasteiger partial charge in [-0.25, -0.2) is 0 Å². The van der Waals surface area contributed by atoms with E-state index in [2.05, 4.69) is 80.6 Å². The van der Waals surface area contributed by atoms with Crippen molar-refractivity contribution >= 4 is 10.8 Å². The molecule has 0 heterocycles. The molecule has 3 rings (SSSR count). The standard InChI is InChI=1S/C19H17/c1-14(2)16-9-5-10-17(13-16)19-12-6-8-15-7-3-4-11-18(15)19/h3-12,14H,1-2H3. The third kappa shape index (κ3) is 2.26. The normalized spacial score (nSPS) is 11.1. The Labute approximate surface area is 114 Å². The maximum Gasteiger partial charge on any atom is -0.00614 e. The molecule has 0 N–H and O–H groups in total. The molecule has 0 aliphatic carbocycles. The maximum atomic E-state index is 3.55. The van der Waals surface area contributed by atoms with Crippen LogP contribution >= 0.6 is 0 Å². The lowest BCUT2D eigenvalue weighted by atomic mass is 9.94. The lowest BCUT2D eigenvalue weighted by Gasteiger charge is -2.10. The van der Waals surface area contributed by atoms with Gasteiger partial charge >= 0.3 is 0 Å². The molecule has 0 unspecified atom stereocenters. The predicted octanol–water partition coefficient (Wildman–Crippen LogP) is 5.43. The van der Waals surface area contributed by atoms with Gasteiger partial charge < -0.3 is 0 Å². The number of fused-ring (bicyclic) bond motifs is 1. The van der Waals surface area contributed by atoms with Gasteiger partial charge in [-0.05, 0) is 39.4 Å². The molecular weight excluding hydrogens is 228 g/mol. The lowest BCUT2D eigenvalue weighted by molar-refractivity contribution is 0.865. The van der Waals surface area contributed by atoms with Crippen LogP contribution in [0.3, 0.4) is 0 Å². The van der Waals surface area contributed by atoms with Crippen LogP contribution in [-0.2, 0) is 0 Å². The Morgan fingerprint density at radius 2 is 1.53 bits per heavy atom. The van der Waals surface area contributed by atoms with Crippen LogP contribution < -0.4 is 0 Å². The van der Waals surface area contributed by atoms with Crippen LogP contribution in [0.2, 0.25) is 0 Å². The van der Waals surface area contributed by atoms with Gasteiger partial charge in [0, 0.05) is 0 Å². The number of benzene rings is 3. The minimum atomic E-state index is 0.509. The third-order valence-corrected chi connectivity index (χ3v) is 3.52. The summed E-state index contributed by atoms with van der Waals surface area (Å²) in [5.41, 5.74) is 3.72. The second kappa shape index (κ2) is 4.89. The van der Waals surface area contributed by atoms with Gasteiger partial charge in [0.25, 0.3) is 0 Å². The van der Waals surface area contributed by atoms with E-state index in [1.807, 2.05) is 0 Å². The summed E-state index contributed by atoms with van der Waals surface area (Å²) in [7, 11) is 0. The van der Waals surface area contributed by atoms with Gasteiger partial charge in [-0.2, -0.15) is 0 Å². The molecule has 19 heavy (non-hydrogen) atoms. The topological polar surface area (TPSA) is 0 Å². The van der Waals surface area contributed by atoms with Crippen LogP contribution in [0.1, 0.15) is 25.3 Å². The molecule has 0 aromatic heterocycles. The van der Waals surface area contributed by atoms with Gasteiger partial charge in [0.15, 0.2) is 0 Å². The zero-order chi connectivity index (χ0) is 13.2. The molecule has 0 aliphatic rings. The Bertz CT molecular complexity index is 703. The van der Waals surface area contributed by atoms with Crippen molar-refractivity contribution in [1.82, 2.24) is 0 Å². The highest BCUT2D eigenvalue weighted by Crippen LogP contribution is 2.29. The Kier molecular flexibility index (Phi) is 3.08. The number of hydrogen-bond acceptors (Lipinski definition) is 0. The molecule has 0 bridgehead atoms. The minimum absolute atomic E-state index is 0.509. The van der Waals surface area contributed by atoms with Crippen molar-refractivity contribution in [2.75, 3.05) is 0 Å². The molecule has 0 saturated heterocycles. The first-order valence-electron chi connectivity index (χ1n) is 6.76. The fourth-order valence-electron chi connectivity index (χ4n) is 2.44. The van der Waals surface area contributed by atoms with Crippen LogP contribution in [0.25, 0.3) is 21.9 Å². The van der Waals surface area contributed by atoms with Crippen LogP contribution in [0.15, 0.2) is 60.7 Å². The predicted molar refractivity (Wildman–Crippen MR) is 82.3 cm³/mol. The summed E-state index contributed by atoms with van der Waals surface area (Å²) in [5, 5.41) is 2.57. The first kappa shape index (κ1) is 12.0. The molecule has 93 valence electrons. The molecular formula is C19H17. The minimum Gasteiger partial charge on any atom is -0.0616 e. The molecule has 0 spiro atoms. The second-order valence-corrected chi connectivity index (χ2v) is 5.20. The van der Waals surface area contributed by atoms with Crippen molar-refractivity contribution in [1.29, 1.82) is 0 Å². The Balaban J connectivity index is 2.22. The average Bonchev–Trinajstić information content (AvgIpc) is 2.47. The Hall–Kier alpha value is -2.08. The summed E-state index contributed by atoms with van der Waals surface area (Å²) < 4.78 is 0. The van der Waals surface area contributed by atoms with Crippen molar-refractivity contribution in [3.05, 3.63) is 72.3 Å². The van der Waals surface area contributed by atoms with E-state index < -0.39 is 0 Å². The van der Waals surface area contributed by atoms with Gasteiger partial charge in [-0.1, -0.05) is 74.5 Å². The summed E-state index contributed by atoms with van der Waals surface area (Å²) in [4.78, 5) is 0. The molecule has 0 nitrogen and oxygen atoms in total. The summed E-state index contributed by atoms with van der Waals surface area (Å²) in [6.45, 7) is 4.41. The van der Waals surface area contributed by atoms with E-state index in [-0.39, 0.29) is 0 Å². The quantitative estimate of drug-likeness (QED) is 0.564. The summed E-state index contributed by atoms with van der Waals surface area (Å²) in [6, 6.07) is 25.0. The zero-order valence-electron chi connectivity index (χ0n) is 11.4. The average molecular weight is 245 g/mol. The summed E-state index contributed by atoms with van der Waals surface area (Å²) >= 11 is 0. The van der Waals surface area contributed by atoms with Gasteiger partial charge in [-0.15, -0.1) is 0 Å². The van der Waals surface area contributed by atoms with E-state index in [1.54, 1.807) is 0 Å². The monoisotopic (exact) mass is 245 g/mol. The van der Waals surface area contributed by atoms with Gasteiger partial charge in [0.2, 0.25) is 0 Å². The van der Waals surface area contributed by atoms with Crippen LogP contribution in [0.4, 0.5) is 0 Å². The van der Waals surface area contributed by atoms with Crippen molar-refractivity contribution < 1.29 is 0 Å². The van der Waals surface area contributed by atoms with Crippen molar-refractivity contribution in [2.45, 2.75) is 19.8 Å². The van der Waals surface area contributed by atoms with E-state index >= 15 is 0 Å². The number of hydrogen-bond donors (Lipinski definition) is 0. The molecule has 0 amide bonds. The molecule has 0 atom stereocenters. The van der Waals surface area contributed by atoms with Gasteiger partial charge in [-0.3, -0.25) is 0 Å². The molecule has 0 saturated carbocycles. The van der Waals surface area contributed by atoms with Crippen molar-refractivity contribution in [2.24, 2.45) is 0 Å². The van der Waals surface area contributed by atoms with E-state index in [9.17, 15) is 0 Å². The van der Waals surface area contributed by atoms with Crippen molar-refractivity contribution in [3.63, 3.8) is 0 Å². The Morgan fingerprint density at radius 3 is 2.37 bits per heavy atom. The maximum absolute atomic E-state index is 3.55. The third-order valence-electron chi connectivity index (χ3n) is 3.52. The van der Waals surface area contributed by atoms with E-state index in [0.717, 1.165) is 0 Å². The van der Waals surface area contributed by atoms with Crippen molar-refractivity contribution in [3.8, 4) is 11.1 Å². The molecule has 0 aliphatic heterocycles. The fraction of sp³-hybridized carbons (Fsp3) is 0.158. The highest BCUT2D eigenvalue weighted by atomic mass is 14.1. The lowest BCUT2D eigenvalue weighted by Crippen LogP contribution is -1.89. The van der Waals surface area contributed by atoms with E-state index in [0.29, 0.717) is 5.92 Å². The van der Waals surface area contributed by atoms with Crippen LogP contribution in [-0.4, -0.2) is 0 Å². The molecule has 1 radical (unpaired) electrons. The fourth-order valence-corrected chi connectivity index (χ4v) is 2.44. The number of rotatable bonds is 2. The highest BCUT2D eigenvalue weighted by Gasteiger charge is 2.06. The summed E-state index contributed by atoms with van der Waals surface area (Å²) in [5.74, 6) is 0.509. The van der Waals surface area contributed by atoms with E-state index in [4.69, 9.17) is 0 Å². The largest absolute Gasteiger partial charge is 0.0616 e. The van der Waals surface area contributed by atoms with E-state index in [1.165, 1.54) is 27.5 Å².